The van der Waals surface area contributed by atoms with E-state index in [0.717, 1.165) is 60.6 Å². The highest BCUT2D eigenvalue weighted by molar-refractivity contribution is 6.16. The number of furan rings is 2. The maximum Gasteiger partial charge on any atom is 0.164 e. The van der Waals surface area contributed by atoms with E-state index in [1.807, 2.05) is 48.5 Å². The second-order valence-corrected chi connectivity index (χ2v) is 12.2. The Kier molecular flexibility index (Phi) is 5.02. The van der Waals surface area contributed by atoms with Gasteiger partial charge < -0.3 is 8.83 Å². The van der Waals surface area contributed by atoms with E-state index in [0.29, 0.717) is 17.5 Å². The van der Waals surface area contributed by atoms with Gasteiger partial charge in [-0.15, -0.1) is 0 Å². The fraction of sp³-hybridized carbons (Fsp3) is 0. The molecule has 1 aliphatic rings. The van der Waals surface area contributed by atoms with E-state index in [1.54, 1.807) is 12.4 Å². The van der Waals surface area contributed by atoms with Crippen molar-refractivity contribution in [1.82, 2.24) is 19.9 Å². The van der Waals surface area contributed by atoms with Crippen molar-refractivity contribution in [2.24, 2.45) is 0 Å². The molecular weight excluding hydrogens is 592 g/mol. The van der Waals surface area contributed by atoms with Gasteiger partial charge in [-0.05, 0) is 63.4 Å². The van der Waals surface area contributed by atoms with Crippen LogP contribution in [-0.4, -0.2) is 19.9 Å². The minimum absolute atomic E-state index is 0.566. The zero-order chi connectivity index (χ0) is 31.3. The summed E-state index contributed by atoms with van der Waals surface area (Å²) in [6, 6.07) is 41.7. The Morgan fingerprint density at radius 2 is 1.00 bits per heavy atom. The van der Waals surface area contributed by atoms with Gasteiger partial charge in [-0.1, -0.05) is 91.0 Å². The number of pyridine rings is 1. The summed E-state index contributed by atoms with van der Waals surface area (Å²) >= 11 is 0. The average molecular weight is 615 g/mol. The van der Waals surface area contributed by atoms with Crippen molar-refractivity contribution in [2.75, 3.05) is 0 Å². The molecule has 0 bridgehead atoms. The molecule has 10 aromatic rings. The Morgan fingerprint density at radius 1 is 0.396 bits per heavy atom. The molecule has 0 radical (unpaired) electrons. The van der Waals surface area contributed by atoms with E-state index < -0.39 is 0 Å². The Labute approximate surface area is 273 Å². The van der Waals surface area contributed by atoms with Crippen LogP contribution in [-0.2, 0) is 0 Å². The first-order valence-electron chi connectivity index (χ1n) is 15.9. The molecule has 0 spiro atoms. The minimum atomic E-state index is 0.566. The van der Waals surface area contributed by atoms with Crippen molar-refractivity contribution in [3.63, 3.8) is 0 Å². The van der Waals surface area contributed by atoms with Crippen LogP contribution in [0.25, 0.3) is 111 Å². The van der Waals surface area contributed by atoms with Crippen LogP contribution in [0.1, 0.15) is 0 Å². The predicted molar refractivity (Wildman–Crippen MR) is 190 cm³/mol. The molecule has 0 N–H and O–H groups in total. The van der Waals surface area contributed by atoms with Gasteiger partial charge in [0.05, 0.1) is 6.20 Å². The fourth-order valence-corrected chi connectivity index (χ4v) is 7.50. The van der Waals surface area contributed by atoms with Crippen molar-refractivity contribution < 1.29 is 8.83 Å². The van der Waals surface area contributed by atoms with Gasteiger partial charge in [0, 0.05) is 44.4 Å². The third kappa shape index (κ3) is 3.51. The Hall–Kier alpha value is -6.66. The van der Waals surface area contributed by atoms with Crippen LogP contribution in [0.3, 0.4) is 0 Å². The van der Waals surface area contributed by atoms with Crippen LogP contribution in [0.15, 0.2) is 143 Å². The summed E-state index contributed by atoms with van der Waals surface area (Å²) in [4.78, 5) is 19.8. The van der Waals surface area contributed by atoms with Crippen LogP contribution in [0.4, 0.5) is 0 Å². The maximum absolute atomic E-state index is 6.26. The lowest BCUT2D eigenvalue weighted by molar-refractivity contribution is 0.667. The number of rotatable bonds is 3. The molecule has 48 heavy (non-hydrogen) atoms. The summed E-state index contributed by atoms with van der Waals surface area (Å²) in [5.74, 6) is 1.73. The highest BCUT2D eigenvalue weighted by atomic mass is 16.3. The van der Waals surface area contributed by atoms with E-state index in [4.69, 9.17) is 23.8 Å². The minimum Gasteiger partial charge on any atom is -0.456 e. The SMILES string of the molecule is c1cc2c3c(cccc3c1)-c1cc(-c3nc(-c4cccc5oc6ccccc6c45)nc(-c4cccc5oc6cnccc6c45)n3)ccc1-2. The number of aromatic nitrogens is 4. The molecule has 222 valence electrons. The topological polar surface area (TPSA) is 77.8 Å². The van der Waals surface area contributed by atoms with Gasteiger partial charge >= 0.3 is 0 Å². The van der Waals surface area contributed by atoms with Crippen molar-refractivity contribution in [2.45, 2.75) is 0 Å². The van der Waals surface area contributed by atoms with Crippen LogP contribution in [0.2, 0.25) is 0 Å². The summed E-state index contributed by atoms with van der Waals surface area (Å²) in [5, 5.41) is 6.43. The Bertz CT molecular complexity index is 2840. The lowest BCUT2D eigenvalue weighted by Gasteiger charge is -2.11. The van der Waals surface area contributed by atoms with Crippen molar-refractivity contribution in [1.29, 1.82) is 0 Å². The molecule has 0 saturated carbocycles. The van der Waals surface area contributed by atoms with Gasteiger partial charge in [-0.2, -0.15) is 0 Å². The first-order valence-corrected chi connectivity index (χ1v) is 15.9. The third-order valence-electron chi connectivity index (χ3n) is 9.58. The second kappa shape index (κ2) is 9.44. The molecule has 6 heteroatoms. The van der Waals surface area contributed by atoms with Crippen molar-refractivity contribution >= 4 is 54.6 Å². The molecule has 6 nitrogen and oxygen atoms in total. The van der Waals surface area contributed by atoms with Gasteiger partial charge in [-0.25, -0.2) is 15.0 Å². The monoisotopic (exact) mass is 614 g/mol. The Balaban J connectivity index is 1.20. The van der Waals surface area contributed by atoms with Crippen LogP contribution >= 0.6 is 0 Å². The second-order valence-electron chi connectivity index (χ2n) is 12.2. The summed E-state index contributed by atoms with van der Waals surface area (Å²) in [6.45, 7) is 0. The lowest BCUT2D eigenvalue weighted by Crippen LogP contribution is -2.01. The summed E-state index contributed by atoms with van der Waals surface area (Å²) < 4.78 is 12.5. The number of fused-ring (bicyclic) bond motifs is 9. The molecule has 11 rings (SSSR count). The highest BCUT2D eigenvalue weighted by Crippen LogP contribution is 2.48. The zero-order valence-corrected chi connectivity index (χ0v) is 25.3. The average Bonchev–Trinajstić information content (AvgIpc) is 3.82. The highest BCUT2D eigenvalue weighted by Gasteiger charge is 2.24. The first kappa shape index (κ1) is 25.5. The summed E-state index contributed by atoms with van der Waals surface area (Å²) in [7, 11) is 0. The van der Waals surface area contributed by atoms with E-state index >= 15 is 0 Å². The molecule has 4 aromatic heterocycles. The number of benzene rings is 6. The molecule has 1 aliphatic carbocycles. The van der Waals surface area contributed by atoms with Crippen LogP contribution in [0.5, 0.6) is 0 Å². The van der Waals surface area contributed by atoms with E-state index in [1.165, 1.54) is 33.0 Å². The quantitative estimate of drug-likeness (QED) is 0.197. The third-order valence-corrected chi connectivity index (χ3v) is 9.58. The number of hydrogen-bond acceptors (Lipinski definition) is 6. The molecule has 6 aromatic carbocycles. The molecule has 0 amide bonds. The molecule has 0 unspecified atom stereocenters. The zero-order valence-electron chi connectivity index (χ0n) is 25.3. The first-order chi connectivity index (χ1) is 23.8. The van der Waals surface area contributed by atoms with Gasteiger partial charge in [0.15, 0.2) is 23.1 Å². The van der Waals surface area contributed by atoms with Gasteiger partial charge in [0.25, 0.3) is 0 Å². The summed E-state index contributed by atoms with van der Waals surface area (Å²) in [5.41, 5.74) is 10.6. The molecule has 0 aliphatic heterocycles. The maximum atomic E-state index is 6.26. The Morgan fingerprint density at radius 3 is 1.77 bits per heavy atom. The number of hydrogen-bond donors (Lipinski definition) is 0. The van der Waals surface area contributed by atoms with Gasteiger partial charge in [0.2, 0.25) is 0 Å². The predicted octanol–water partition coefficient (Wildman–Crippen LogP) is 10.9. The van der Waals surface area contributed by atoms with Crippen LogP contribution < -0.4 is 0 Å². The van der Waals surface area contributed by atoms with E-state index in [9.17, 15) is 0 Å². The van der Waals surface area contributed by atoms with E-state index in [-0.39, 0.29) is 0 Å². The number of nitrogens with zero attached hydrogens (tertiary/aromatic N) is 4. The van der Waals surface area contributed by atoms with Gasteiger partial charge in [-0.3, -0.25) is 4.98 Å². The molecule has 0 saturated heterocycles. The van der Waals surface area contributed by atoms with E-state index in [2.05, 4.69) is 77.8 Å². The fourth-order valence-electron chi connectivity index (χ4n) is 7.50. The number of para-hydroxylation sites is 1. The molecule has 4 heterocycles. The van der Waals surface area contributed by atoms with Crippen LogP contribution in [0, 0.1) is 0 Å². The molecule has 0 atom stereocenters. The van der Waals surface area contributed by atoms with Crippen molar-refractivity contribution in [3.8, 4) is 56.4 Å². The normalized spacial score (nSPS) is 12.2. The molecule has 0 fully saturated rings. The summed E-state index contributed by atoms with van der Waals surface area (Å²) in [6.07, 6.45) is 3.53. The molecular formula is C42H22N4O2. The largest absolute Gasteiger partial charge is 0.456 e. The lowest BCUT2D eigenvalue weighted by atomic mass is 10.0. The van der Waals surface area contributed by atoms with Gasteiger partial charge in [0.1, 0.15) is 16.7 Å². The van der Waals surface area contributed by atoms with Crippen molar-refractivity contribution in [3.05, 3.63) is 134 Å². The smallest absolute Gasteiger partial charge is 0.164 e. The standard InChI is InChI=1S/C42H22N4O2/c1-2-14-33-28(9-1)38-30(12-5-15-34(38)47-33)41-44-40(24-17-18-25-26-10-3-7-23-8-4-11-27(37(23)26)32(25)21-24)45-42(46-41)31-13-6-16-35-39(31)29-19-20-43-22-36(29)48-35/h1-22H.